The molecule has 0 aliphatic carbocycles. The Balaban J connectivity index is 1.75. The molecule has 154 valence electrons. The van der Waals surface area contributed by atoms with Crippen LogP contribution in [-0.2, 0) is 0 Å². The molecular weight excluding hydrogens is 407 g/mol. The maximum atomic E-state index is 13.7. The minimum Gasteiger partial charge on any atom is -0.328 e. The smallest absolute Gasteiger partial charge is 0.328 e. The van der Waals surface area contributed by atoms with Crippen LogP contribution in [0, 0.1) is 11.3 Å². The first-order chi connectivity index (χ1) is 14.9. The van der Waals surface area contributed by atoms with E-state index in [0.29, 0.717) is 22.5 Å². The average Bonchev–Trinajstić information content (AvgIpc) is 3.17. The number of pyridine rings is 2. The van der Waals surface area contributed by atoms with Gasteiger partial charge in [0.2, 0.25) is 17.4 Å². The van der Waals surface area contributed by atoms with Crippen LogP contribution in [0.25, 0.3) is 16.9 Å². The van der Waals surface area contributed by atoms with Gasteiger partial charge in [0, 0.05) is 12.1 Å². The van der Waals surface area contributed by atoms with Gasteiger partial charge in [0.1, 0.15) is 0 Å². The second-order valence-corrected chi connectivity index (χ2v) is 6.76. The highest BCUT2D eigenvalue weighted by Crippen LogP contribution is 2.31. The van der Waals surface area contributed by atoms with Crippen molar-refractivity contribution >= 4 is 11.4 Å². The number of carbonyl (C=O) groups is 1. The third-order valence-corrected chi connectivity index (χ3v) is 4.76. The number of fused-ring (bicyclic) bond motifs is 1. The van der Waals surface area contributed by atoms with E-state index in [4.69, 9.17) is 5.26 Å². The highest BCUT2D eigenvalue weighted by Gasteiger charge is 2.46. The number of hydrogen-bond acceptors (Lipinski definition) is 2. The number of alkyl halides is 3. The lowest BCUT2D eigenvalue weighted by Crippen LogP contribution is -2.41. The molecular formula is C22H16F3N5O+2. The van der Waals surface area contributed by atoms with Gasteiger partial charge in [-0.3, -0.25) is 4.79 Å². The summed E-state index contributed by atoms with van der Waals surface area (Å²) >= 11 is 0. The second kappa shape index (κ2) is 7.91. The molecule has 4 rings (SSSR count). The fourth-order valence-electron chi connectivity index (χ4n) is 3.30. The van der Waals surface area contributed by atoms with E-state index in [1.807, 2.05) is 6.07 Å². The predicted octanol–water partition coefficient (Wildman–Crippen LogP) is 3.14. The van der Waals surface area contributed by atoms with Crippen molar-refractivity contribution in [2.75, 3.05) is 0 Å². The Labute approximate surface area is 174 Å². The van der Waals surface area contributed by atoms with Crippen molar-refractivity contribution in [1.29, 1.82) is 5.26 Å². The number of hydrogen-bond donors (Lipinski definition) is 2. The van der Waals surface area contributed by atoms with E-state index >= 15 is 0 Å². The van der Waals surface area contributed by atoms with E-state index in [1.165, 1.54) is 18.3 Å². The quantitative estimate of drug-likeness (QED) is 0.494. The summed E-state index contributed by atoms with van der Waals surface area (Å²) in [5, 5.41) is 11.1. The first kappa shape index (κ1) is 20.1. The van der Waals surface area contributed by atoms with Crippen molar-refractivity contribution in [2.45, 2.75) is 12.2 Å². The summed E-state index contributed by atoms with van der Waals surface area (Å²) in [6, 6.07) is 15.8. The molecule has 0 aliphatic heterocycles. The molecule has 6 nitrogen and oxygen atoms in total. The van der Waals surface area contributed by atoms with Crippen LogP contribution in [0.3, 0.4) is 0 Å². The molecule has 0 radical (unpaired) electrons. The first-order valence-electron chi connectivity index (χ1n) is 9.25. The number of halogens is 3. The van der Waals surface area contributed by atoms with E-state index < -0.39 is 18.1 Å². The maximum Gasteiger partial charge on any atom is 0.418 e. The Morgan fingerprint density at radius 3 is 2.48 bits per heavy atom. The van der Waals surface area contributed by atoms with Crippen molar-refractivity contribution in [3.63, 3.8) is 0 Å². The summed E-state index contributed by atoms with van der Waals surface area (Å²) in [5.74, 6) is -0.400. The van der Waals surface area contributed by atoms with E-state index in [-0.39, 0.29) is 11.4 Å². The molecule has 0 saturated heterocycles. The maximum absolute atomic E-state index is 13.7. The minimum atomic E-state index is -4.70. The molecule has 3 aromatic heterocycles. The van der Waals surface area contributed by atoms with Crippen LogP contribution >= 0.6 is 0 Å². The van der Waals surface area contributed by atoms with Crippen molar-refractivity contribution in [3.8, 4) is 17.5 Å². The summed E-state index contributed by atoms with van der Waals surface area (Å²) in [5.41, 5.74) is 1.36. The van der Waals surface area contributed by atoms with Gasteiger partial charge in [-0.2, -0.15) is 22.8 Å². The number of amides is 1. The Hall–Kier alpha value is -4.19. The zero-order chi connectivity index (χ0) is 22.0. The number of aromatic amines is 2. The van der Waals surface area contributed by atoms with Crippen LogP contribution < -0.4 is 14.7 Å². The van der Waals surface area contributed by atoms with Crippen LogP contribution in [0.4, 0.5) is 13.2 Å². The average molecular weight is 423 g/mol. The standard InChI is InChI=1S/C22H14F3N5O/c23-22(24,25)19(16-5-1-3-11-27-16)29-21(31)18-17-6-2-4-12-30(17)20(28-18)15-9-7-14(13-26)8-10-15/h1-12,19H,(H,29,31)/p+2. The van der Waals surface area contributed by atoms with Crippen LogP contribution in [0.15, 0.2) is 73.1 Å². The molecule has 4 aromatic rings. The Bertz CT molecular complexity index is 1270. The molecule has 1 aromatic carbocycles. The second-order valence-electron chi connectivity index (χ2n) is 6.76. The van der Waals surface area contributed by atoms with E-state index in [2.05, 4.69) is 15.3 Å². The number of aromatic nitrogens is 3. The highest BCUT2D eigenvalue weighted by atomic mass is 19.4. The van der Waals surface area contributed by atoms with Crippen LogP contribution in [0.5, 0.6) is 0 Å². The van der Waals surface area contributed by atoms with Gasteiger partial charge in [0.05, 0.1) is 23.4 Å². The summed E-state index contributed by atoms with van der Waals surface area (Å²) < 4.78 is 42.7. The summed E-state index contributed by atoms with van der Waals surface area (Å²) in [7, 11) is 0. The topological polar surface area (TPSA) is 86.9 Å². The molecule has 1 unspecified atom stereocenters. The zero-order valence-electron chi connectivity index (χ0n) is 15.9. The Morgan fingerprint density at radius 1 is 1.10 bits per heavy atom. The lowest BCUT2D eigenvalue weighted by Gasteiger charge is -2.17. The number of nitrogens with one attached hydrogen (secondary N) is 3. The van der Waals surface area contributed by atoms with Gasteiger partial charge in [-0.05, 0) is 36.4 Å². The third-order valence-electron chi connectivity index (χ3n) is 4.76. The molecule has 0 fully saturated rings. The van der Waals surface area contributed by atoms with Gasteiger partial charge in [0.15, 0.2) is 11.7 Å². The fourth-order valence-corrected chi connectivity index (χ4v) is 3.30. The number of imidazole rings is 1. The van der Waals surface area contributed by atoms with Gasteiger partial charge in [-0.25, -0.2) is 9.97 Å². The molecule has 0 spiro atoms. The molecule has 1 atom stereocenters. The monoisotopic (exact) mass is 423 g/mol. The van der Waals surface area contributed by atoms with Gasteiger partial charge in [-0.1, -0.05) is 12.1 Å². The summed E-state index contributed by atoms with van der Waals surface area (Å²) in [6.45, 7) is 0. The van der Waals surface area contributed by atoms with Crippen molar-refractivity contribution in [3.05, 3.63) is 90.0 Å². The van der Waals surface area contributed by atoms with Crippen molar-refractivity contribution in [2.24, 2.45) is 0 Å². The molecule has 3 N–H and O–H groups in total. The normalized spacial score (nSPS) is 12.3. The summed E-state index contributed by atoms with van der Waals surface area (Å²) in [6.07, 6.45) is -1.63. The third kappa shape index (κ3) is 3.96. The molecule has 0 saturated carbocycles. The van der Waals surface area contributed by atoms with Gasteiger partial charge >= 0.3 is 6.18 Å². The number of rotatable bonds is 4. The Morgan fingerprint density at radius 2 is 1.84 bits per heavy atom. The molecule has 0 bridgehead atoms. The predicted molar refractivity (Wildman–Crippen MR) is 103 cm³/mol. The molecule has 0 aliphatic rings. The molecule has 9 heteroatoms. The number of nitriles is 1. The van der Waals surface area contributed by atoms with Crippen LogP contribution in [-0.4, -0.2) is 17.1 Å². The van der Waals surface area contributed by atoms with E-state index in [9.17, 15) is 18.0 Å². The number of carbonyl (C=O) groups excluding carboxylic acids is 1. The number of benzene rings is 1. The fraction of sp³-hybridized carbons (Fsp3) is 0.0909. The van der Waals surface area contributed by atoms with Crippen LogP contribution in [0.1, 0.15) is 27.8 Å². The minimum absolute atomic E-state index is 0.00913. The molecule has 31 heavy (non-hydrogen) atoms. The van der Waals surface area contributed by atoms with Crippen molar-refractivity contribution < 1.29 is 27.4 Å². The lowest BCUT2D eigenvalue weighted by atomic mass is 10.1. The highest BCUT2D eigenvalue weighted by molar-refractivity contribution is 5.98. The first-order valence-corrected chi connectivity index (χ1v) is 9.25. The van der Waals surface area contributed by atoms with Gasteiger partial charge in [0.25, 0.3) is 11.7 Å². The molecule has 1 amide bonds. The van der Waals surface area contributed by atoms with Gasteiger partial charge < -0.3 is 5.32 Å². The largest absolute Gasteiger partial charge is 0.418 e. The van der Waals surface area contributed by atoms with Crippen LogP contribution in [0.2, 0.25) is 0 Å². The molecule has 3 heterocycles. The Kier molecular flexibility index (Phi) is 5.13. The van der Waals surface area contributed by atoms with E-state index in [0.717, 1.165) is 0 Å². The number of H-pyrrole nitrogens is 2. The van der Waals surface area contributed by atoms with Gasteiger partial charge in [-0.15, -0.1) is 0 Å². The van der Waals surface area contributed by atoms with E-state index in [1.54, 1.807) is 59.1 Å². The summed E-state index contributed by atoms with van der Waals surface area (Å²) in [4.78, 5) is 18.4. The zero-order valence-corrected chi connectivity index (χ0v) is 15.9. The number of nitrogens with zero attached hydrogens (tertiary/aromatic N) is 2. The SMILES string of the molecule is N#Cc1ccc(-c2[nH]c(C(=O)NC(c3cccc[nH+]3)C(F)(F)F)c3cccc[n+]23)cc1. The lowest BCUT2D eigenvalue weighted by molar-refractivity contribution is -0.498. The van der Waals surface area contributed by atoms with Crippen molar-refractivity contribution in [1.82, 2.24) is 10.3 Å².